The van der Waals surface area contributed by atoms with Gasteiger partial charge in [0.1, 0.15) is 11.5 Å². The molecule has 4 nitrogen and oxygen atoms in total. The van der Waals surface area contributed by atoms with Gasteiger partial charge in [-0.3, -0.25) is 4.79 Å². The standard InChI is InChI=1S/C21H21NO3S/c1-2-24-18-10-12-20(13-11-18)26-16-21(23)22(15-19-9-6-14-25-19)17-7-4-3-5-8-17/h3-14H,2,15-16H2,1H3. The normalized spacial score (nSPS) is 10.5. The van der Waals surface area contributed by atoms with Gasteiger partial charge in [-0.2, -0.15) is 0 Å². The van der Waals surface area contributed by atoms with E-state index in [4.69, 9.17) is 9.15 Å². The summed E-state index contributed by atoms with van der Waals surface area (Å²) < 4.78 is 10.9. The Labute approximate surface area is 157 Å². The molecule has 0 saturated carbocycles. The number of hydrogen-bond acceptors (Lipinski definition) is 4. The summed E-state index contributed by atoms with van der Waals surface area (Å²) in [5.41, 5.74) is 0.862. The summed E-state index contributed by atoms with van der Waals surface area (Å²) in [6, 6.07) is 21.2. The maximum absolute atomic E-state index is 12.9. The Hall–Kier alpha value is -2.66. The first-order valence-electron chi connectivity index (χ1n) is 8.49. The fraction of sp³-hybridized carbons (Fsp3) is 0.190. The number of nitrogens with zero attached hydrogens (tertiary/aromatic N) is 1. The van der Waals surface area contributed by atoms with E-state index in [1.165, 1.54) is 11.8 Å². The highest BCUT2D eigenvalue weighted by Crippen LogP contribution is 2.24. The van der Waals surface area contributed by atoms with Crippen LogP contribution in [0.1, 0.15) is 12.7 Å². The maximum atomic E-state index is 12.9. The molecule has 0 radical (unpaired) electrons. The van der Waals surface area contributed by atoms with Crippen LogP contribution >= 0.6 is 11.8 Å². The number of para-hydroxylation sites is 1. The fourth-order valence-corrected chi connectivity index (χ4v) is 3.29. The minimum atomic E-state index is 0.0338. The zero-order chi connectivity index (χ0) is 18.2. The summed E-state index contributed by atoms with van der Waals surface area (Å²) in [5.74, 6) is 1.98. The van der Waals surface area contributed by atoms with E-state index in [-0.39, 0.29) is 5.91 Å². The van der Waals surface area contributed by atoms with Gasteiger partial charge in [-0.25, -0.2) is 0 Å². The lowest BCUT2D eigenvalue weighted by Gasteiger charge is -2.21. The van der Waals surface area contributed by atoms with Crippen molar-refractivity contribution in [3.8, 4) is 5.75 Å². The molecule has 0 unspecified atom stereocenters. The molecule has 0 N–H and O–H groups in total. The quantitative estimate of drug-likeness (QED) is 0.525. The van der Waals surface area contributed by atoms with Crippen LogP contribution in [-0.2, 0) is 11.3 Å². The summed E-state index contributed by atoms with van der Waals surface area (Å²) in [4.78, 5) is 15.6. The molecule has 1 heterocycles. The second-order valence-corrected chi connectivity index (χ2v) is 6.64. The molecular weight excluding hydrogens is 346 g/mol. The molecule has 1 amide bonds. The van der Waals surface area contributed by atoms with Crippen LogP contribution in [0.3, 0.4) is 0 Å². The van der Waals surface area contributed by atoms with Crippen molar-refractivity contribution in [3.63, 3.8) is 0 Å². The molecule has 0 saturated heterocycles. The van der Waals surface area contributed by atoms with E-state index in [9.17, 15) is 4.79 Å². The Kier molecular flexibility index (Phi) is 6.39. The fourth-order valence-electron chi connectivity index (χ4n) is 2.51. The average Bonchev–Trinajstić information content (AvgIpc) is 3.19. The van der Waals surface area contributed by atoms with Crippen molar-refractivity contribution < 1.29 is 13.9 Å². The van der Waals surface area contributed by atoms with Crippen molar-refractivity contribution in [1.29, 1.82) is 0 Å². The number of anilines is 1. The minimum Gasteiger partial charge on any atom is -0.494 e. The number of carbonyl (C=O) groups excluding carboxylic acids is 1. The zero-order valence-electron chi connectivity index (χ0n) is 14.6. The van der Waals surface area contributed by atoms with Crippen LogP contribution in [0.25, 0.3) is 0 Å². The molecule has 0 atom stereocenters. The Morgan fingerprint density at radius 1 is 1.04 bits per heavy atom. The summed E-state index contributed by atoms with van der Waals surface area (Å²) in [7, 11) is 0. The third kappa shape index (κ3) is 4.92. The topological polar surface area (TPSA) is 42.7 Å². The van der Waals surface area contributed by atoms with Crippen LogP contribution in [0.5, 0.6) is 5.75 Å². The highest BCUT2D eigenvalue weighted by Gasteiger charge is 2.17. The molecule has 26 heavy (non-hydrogen) atoms. The summed E-state index contributed by atoms with van der Waals surface area (Å²) in [6.45, 7) is 3.02. The van der Waals surface area contributed by atoms with Crippen molar-refractivity contribution in [2.75, 3.05) is 17.3 Å². The van der Waals surface area contributed by atoms with Gasteiger partial charge in [0.15, 0.2) is 0 Å². The van der Waals surface area contributed by atoms with E-state index < -0.39 is 0 Å². The van der Waals surface area contributed by atoms with Gasteiger partial charge in [0.05, 0.1) is 25.2 Å². The van der Waals surface area contributed by atoms with E-state index in [1.807, 2.05) is 73.7 Å². The number of furan rings is 1. The summed E-state index contributed by atoms with van der Waals surface area (Å²) in [6.07, 6.45) is 1.62. The molecule has 134 valence electrons. The number of hydrogen-bond donors (Lipinski definition) is 0. The number of rotatable bonds is 8. The molecular formula is C21H21NO3S. The smallest absolute Gasteiger partial charge is 0.237 e. The third-order valence-corrected chi connectivity index (χ3v) is 4.76. The lowest BCUT2D eigenvalue weighted by atomic mass is 10.2. The molecule has 3 rings (SSSR count). The first-order valence-corrected chi connectivity index (χ1v) is 9.48. The molecule has 5 heteroatoms. The Morgan fingerprint density at radius 3 is 2.46 bits per heavy atom. The second-order valence-electron chi connectivity index (χ2n) is 5.59. The van der Waals surface area contributed by atoms with Crippen LogP contribution < -0.4 is 9.64 Å². The van der Waals surface area contributed by atoms with E-state index in [2.05, 4.69) is 0 Å². The number of ether oxygens (including phenoxy) is 1. The van der Waals surface area contributed by atoms with Crippen LogP contribution in [0.4, 0.5) is 5.69 Å². The lowest BCUT2D eigenvalue weighted by Crippen LogP contribution is -2.31. The number of amides is 1. The molecule has 0 spiro atoms. The van der Waals surface area contributed by atoms with E-state index in [0.29, 0.717) is 18.9 Å². The van der Waals surface area contributed by atoms with Gasteiger partial charge in [-0.05, 0) is 55.5 Å². The molecule has 0 bridgehead atoms. The van der Waals surface area contributed by atoms with Gasteiger partial charge >= 0.3 is 0 Å². The van der Waals surface area contributed by atoms with Crippen molar-refractivity contribution in [1.82, 2.24) is 0 Å². The molecule has 1 aromatic heterocycles. The zero-order valence-corrected chi connectivity index (χ0v) is 15.4. The SMILES string of the molecule is CCOc1ccc(SCC(=O)N(Cc2ccco2)c2ccccc2)cc1. The predicted molar refractivity (Wildman–Crippen MR) is 105 cm³/mol. The lowest BCUT2D eigenvalue weighted by molar-refractivity contribution is -0.116. The highest BCUT2D eigenvalue weighted by molar-refractivity contribution is 8.00. The van der Waals surface area contributed by atoms with Crippen LogP contribution in [-0.4, -0.2) is 18.3 Å². The van der Waals surface area contributed by atoms with Gasteiger partial charge in [0, 0.05) is 10.6 Å². The maximum Gasteiger partial charge on any atom is 0.237 e. The van der Waals surface area contributed by atoms with E-state index >= 15 is 0 Å². The van der Waals surface area contributed by atoms with Crippen LogP contribution in [0.15, 0.2) is 82.3 Å². The van der Waals surface area contributed by atoms with Gasteiger partial charge in [-0.15, -0.1) is 11.8 Å². The van der Waals surface area contributed by atoms with Gasteiger partial charge in [0.25, 0.3) is 0 Å². The van der Waals surface area contributed by atoms with E-state index in [0.717, 1.165) is 22.1 Å². The van der Waals surface area contributed by atoms with Gasteiger partial charge in [0.2, 0.25) is 5.91 Å². The Bertz CT molecular complexity index is 801. The predicted octanol–water partition coefficient (Wildman–Crippen LogP) is 5.00. The largest absolute Gasteiger partial charge is 0.494 e. The Balaban J connectivity index is 1.67. The van der Waals surface area contributed by atoms with Gasteiger partial charge < -0.3 is 14.1 Å². The van der Waals surface area contributed by atoms with Gasteiger partial charge in [-0.1, -0.05) is 18.2 Å². The molecule has 3 aromatic rings. The molecule has 0 aliphatic carbocycles. The number of carbonyl (C=O) groups is 1. The summed E-state index contributed by atoms with van der Waals surface area (Å²) >= 11 is 1.51. The Morgan fingerprint density at radius 2 is 1.81 bits per heavy atom. The van der Waals surface area contributed by atoms with E-state index in [1.54, 1.807) is 11.2 Å². The van der Waals surface area contributed by atoms with Crippen molar-refractivity contribution in [3.05, 3.63) is 78.8 Å². The van der Waals surface area contributed by atoms with Crippen LogP contribution in [0.2, 0.25) is 0 Å². The monoisotopic (exact) mass is 367 g/mol. The molecule has 0 aliphatic rings. The van der Waals surface area contributed by atoms with Crippen molar-refractivity contribution in [2.24, 2.45) is 0 Å². The highest BCUT2D eigenvalue weighted by atomic mass is 32.2. The number of thioether (sulfide) groups is 1. The average molecular weight is 367 g/mol. The molecule has 2 aromatic carbocycles. The van der Waals surface area contributed by atoms with Crippen molar-refractivity contribution in [2.45, 2.75) is 18.4 Å². The number of benzene rings is 2. The first kappa shape index (κ1) is 18.1. The molecule has 0 aliphatic heterocycles. The minimum absolute atomic E-state index is 0.0338. The third-order valence-electron chi connectivity index (χ3n) is 3.76. The summed E-state index contributed by atoms with van der Waals surface area (Å²) in [5, 5.41) is 0. The van der Waals surface area contributed by atoms with Crippen LogP contribution in [0, 0.1) is 0 Å². The first-order chi connectivity index (χ1) is 12.8. The molecule has 0 fully saturated rings. The van der Waals surface area contributed by atoms with Crippen molar-refractivity contribution >= 4 is 23.4 Å². The second kappa shape index (κ2) is 9.15.